The van der Waals surface area contributed by atoms with Gasteiger partial charge in [-0.3, -0.25) is 0 Å². The molecular weight excluding hydrogens is 831 g/mol. The van der Waals surface area contributed by atoms with Crippen molar-refractivity contribution in [3.05, 3.63) is 222 Å². The molecule has 1 heteroatoms. The highest BCUT2D eigenvalue weighted by Crippen LogP contribution is 2.46. The molecule has 0 saturated heterocycles. The zero-order valence-electron chi connectivity index (χ0n) is 42.1. The first-order chi connectivity index (χ1) is 34.0. The Labute approximate surface area is 413 Å². The third-order valence-corrected chi connectivity index (χ3v) is 12.6. The van der Waals surface area contributed by atoms with E-state index in [-0.39, 0.29) is 0 Å². The lowest BCUT2D eigenvalue weighted by atomic mass is 9.83. The van der Waals surface area contributed by atoms with Crippen molar-refractivity contribution in [2.75, 3.05) is 4.90 Å². The lowest BCUT2D eigenvalue weighted by Gasteiger charge is -2.28. The Bertz CT molecular complexity index is 3280. The van der Waals surface area contributed by atoms with E-state index in [4.69, 9.17) is 0 Å². The quantitative estimate of drug-likeness (QED) is 0.117. The average Bonchev–Trinajstić information content (AvgIpc) is 3.42. The van der Waals surface area contributed by atoms with Gasteiger partial charge in [-0.25, -0.2) is 0 Å². The number of rotatable bonds is 11. The molecule has 69 heavy (non-hydrogen) atoms. The minimum atomic E-state index is 0.979. The van der Waals surface area contributed by atoms with Crippen molar-refractivity contribution in [3.8, 4) is 46.2 Å². The van der Waals surface area contributed by atoms with Crippen LogP contribution in [0.5, 0.6) is 0 Å². The van der Waals surface area contributed by atoms with Crippen LogP contribution in [-0.4, -0.2) is 0 Å². The predicted octanol–water partition coefficient (Wildman–Crippen LogP) is 20.7. The van der Waals surface area contributed by atoms with E-state index < -0.39 is 0 Å². The van der Waals surface area contributed by atoms with E-state index in [9.17, 15) is 0 Å². The van der Waals surface area contributed by atoms with Gasteiger partial charge in [0.2, 0.25) is 0 Å². The number of hydrogen-bond donors (Lipinski definition) is 0. The molecule has 9 aromatic rings. The molecule has 0 heterocycles. The van der Waals surface area contributed by atoms with Crippen LogP contribution in [-0.2, 0) is 0 Å². The second-order valence-electron chi connectivity index (χ2n) is 16.1. The number of terminal acetylenes is 1. The number of fused-ring (bicyclic) bond motifs is 3. The summed E-state index contributed by atoms with van der Waals surface area (Å²) in [6, 6.07) is 62.1. The molecule has 0 bridgehead atoms. The van der Waals surface area contributed by atoms with Crippen molar-refractivity contribution < 1.29 is 0 Å². The maximum absolute atomic E-state index is 4.39. The van der Waals surface area contributed by atoms with Crippen molar-refractivity contribution in [2.24, 2.45) is 0 Å². The van der Waals surface area contributed by atoms with Gasteiger partial charge in [0.1, 0.15) is 0 Å². The first kappa shape index (κ1) is 50.5. The van der Waals surface area contributed by atoms with Gasteiger partial charge in [-0.1, -0.05) is 217 Å². The van der Waals surface area contributed by atoms with Crippen molar-refractivity contribution in [1.82, 2.24) is 0 Å². The van der Waals surface area contributed by atoms with E-state index in [1.54, 1.807) is 0 Å². The third-order valence-electron chi connectivity index (χ3n) is 12.6. The molecule has 0 aliphatic heterocycles. The average molecular weight is 898 g/mol. The van der Waals surface area contributed by atoms with Gasteiger partial charge < -0.3 is 4.90 Å². The standard InChI is InChI=1S/C62H53N.2C2H6.C2H2/c1-7-22-51-42(6)59(54-29-17-18-30-55(54)60(51)43(9-3)10-4)46-34-38-48(39-35-46)63(58-33-21-27-44-24-15-16-28-52(44)58)49-40-36-47(37-41-49)61-50(11-5)53(23-8-2)62(45-25-13-12-14-26-45)57-32-20-19-31-56(57)61;3*1-2/h7-9,11-41H,5,10H2,1-4,6H3;2*1-2H3;1-2H/b22-7-,23-8-,43-9+;;;. The fourth-order valence-electron chi connectivity index (χ4n) is 9.85. The lowest BCUT2D eigenvalue weighted by Crippen LogP contribution is -2.10. The van der Waals surface area contributed by atoms with Crippen molar-refractivity contribution in [3.63, 3.8) is 0 Å². The van der Waals surface area contributed by atoms with Gasteiger partial charge >= 0.3 is 0 Å². The maximum atomic E-state index is 4.39. The summed E-state index contributed by atoms with van der Waals surface area (Å²) in [4.78, 5) is 2.41. The maximum Gasteiger partial charge on any atom is 0.0540 e. The Morgan fingerprint density at radius 1 is 0.478 bits per heavy atom. The number of benzene rings is 9. The molecule has 0 aliphatic carbocycles. The summed E-state index contributed by atoms with van der Waals surface area (Å²) in [5, 5.41) is 7.41. The third kappa shape index (κ3) is 9.90. The largest absolute Gasteiger partial charge is 0.310 e. The highest BCUT2D eigenvalue weighted by molar-refractivity contribution is 6.12. The fraction of sp³-hybridized carbons (Fsp3) is 0.147. The SMILES string of the molecule is C#C.C=Cc1c(/C=C\C)c(-c2ccccc2)c2ccccc2c1-c1ccc(N(c2ccc(-c3c(C)c(/C=C\C)c(/C(=C/C)CC)c4ccccc34)cc2)c2cccc3ccccc23)cc1.CC.CC. The van der Waals surface area contributed by atoms with Crippen LogP contribution in [0.1, 0.15) is 89.6 Å². The number of anilines is 3. The van der Waals surface area contributed by atoms with Crippen LogP contribution in [0.4, 0.5) is 17.1 Å². The summed E-state index contributed by atoms with van der Waals surface area (Å²) >= 11 is 0. The van der Waals surface area contributed by atoms with Crippen LogP contribution in [0.15, 0.2) is 195 Å². The Kier molecular flexibility index (Phi) is 17.7. The normalized spacial score (nSPS) is 11.1. The van der Waals surface area contributed by atoms with Gasteiger partial charge in [-0.05, 0) is 158 Å². The molecule has 9 aromatic carbocycles. The number of allylic oxidation sites excluding steroid dienone is 4. The molecule has 0 unspecified atom stereocenters. The van der Waals surface area contributed by atoms with Crippen molar-refractivity contribution >= 4 is 73.2 Å². The zero-order valence-corrected chi connectivity index (χ0v) is 42.1. The van der Waals surface area contributed by atoms with Gasteiger partial charge in [-0.15, -0.1) is 12.8 Å². The smallest absolute Gasteiger partial charge is 0.0540 e. The predicted molar refractivity (Wildman–Crippen MR) is 311 cm³/mol. The molecule has 344 valence electrons. The Morgan fingerprint density at radius 2 is 0.913 bits per heavy atom. The summed E-state index contributed by atoms with van der Waals surface area (Å²) in [5.41, 5.74) is 18.2. The highest BCUT2D eigenvalue weighted by Gasteiger charge is 2.22. The minimum Gasteiger partial charge on any atom is -0.310 e. The van der Waals surface area contributed by atoms with Crippen molar-refractivity contribution in [2.45, 2.75) is 68.7 Å². The highest BCUT2D eigenvalue weighted by atomic mass is 15.1. The number of nitrogens with zero attached hydrogens (tertiary/aromatic N) is 1. The molecule has 0 amide bonds. The molecule has 0 saturated carbocycles. The molecule has 0 radical (unpaired) electrons. The zero-order chi connectivity index (χ0) is 49.5. The monoisotopic (exact) mass is 898 g/mol. The van der Waals surface area contributed by atoms with E-state index >= 15 is 0 Å². The summed E-state index contributed by atoms with van der Waals surface area (Å²) < 4.78 is 0. The van der Waals surface area contributed by atoms with Gasteiger partial charge in [-0.2, -0.15) is 0 Å². The van der Waals surface area contributed by atoms with Gasteiger partial charge in [0.05, 0.1) is 5.69 Å². The summed E-state index contributed by atoms with van der Waals surface area (Å²) in [6.45, 7) is 23.3. The summed E-state index contributed by atoms with van der Waals surface area (Å²) in [5.74, 6) is 0. The van der Waals surface area contributed by atoms with E-state index in [0.29, 0.717) is 0 Å². The van der Waals surface area contributed by atoms with E-state index in [1.165, 1.54) is 88.0 Å². The van der Waals surface area contributed by atoms with Crippen LogP contribution in [0, 0.1) is 19.8 Å². The Balaban J connectivity index is 0.00000126. The fourth-order valence-corrected chi connectivity index (χ4v) is 9.85. The summed E-state index contributed by atoms with van der Waals surface area (Å²) in [7, 11) is 0. The van der Waals surface area contributed by atoms with Crippen LogP contribution in [0.25, 0.3) is 89.5 Å². The summed E-state index contributed by atoms with van der Waals surface area (Å²) in [6.07, 6.45) is 22.1. The van der Waals surface area contributed by atoms with E-state index in [0.717, 1.165) is 34.6 Å². The van der Waals surface area contributed by atoms with Crippen LogP contribution in [0.2, 0.25) is 0 Å². The molecular formula is C68H67N. The van der Waals surface area contributed by atoms with Crippen LogP contribution >= 0.6 is 0 Å². The topological polar surface area (TPSA) is 3.24 Å². The molecule has 0 N–H and O–H groups in total. The van der Waals surface area contributed by atoms with E-state index in [2.05, 4.69) is 259 Å². The molecule has 0 fully saturated rings. The first-order valence-corrected chi connectivity index (χ1v) is 24.6. The van der Waals surface area contributed by atoms with Crippen LogP contribution < -0.4 is 4.90 Å². The molecule has 0 aliphatic rings. The molecule has 0 atom stereocenters. The van der Waals surface area contributed by atoms with Crippen molar-refractivity contribution in [1.29, 1.82) is 0 Å². The second kappa shape index (κ2) is 24.2. The molecule has 1 nitrogen and oxygen atoms in total. The lowest BCUT2D eigenvalue weighted by molar-refractivity contribution is 1.23. The Hall–Kier alpha value is -7.92. The van der Waals surface area contributed by atoms with Crippen LogP contribution in [0.3, 0.4) is 0 Å². The molecule has 0 spiro atoms. The van der Waals surface area contributed by atoms with Gasteiger partial charge in [0, 0.05) is 16.8 Å². The van der Waals surface area contributed by atoms with Gasteiger partial charge in [0.15, 0.2) is 0 Å². The van der Waals surface area contributed by atoms with Gasteiger partial charge in [0.25, 0.3) is 0 Å². The Morgan fingerprint density at radius 3 is 1.43 bits per heavy atom. The minimum absolute atomic E-state index is 0.979. The first-order valence-electron chi connectivity index (χ1n) is 24.6. The molecule has 0 aromatic heterocycles. The second-order valence-corrected chi connectivity index (χ2v) is 16.1. The number of hydrogen-bond acceptors (Lipinski definition) is 1. The molecule has 9 rings (SSSR count). The van der Waals surface area contributed by atoms with E-state index in [1.807, 2.05) is 33.8 Å².